The van der Waals surface area contributed by atoms with E-state index in [2.05, 4.69) is 14.7 Å². The molecule has 0 aliphatic rings. The quantitative estimate of drug-likeness (QED) is 0.906. The second-order valence-corrected chi connectivity index (χ2v) is 5.83. The molecule has 7 nitrogen and oxygen atoms in total. The summed E-state index contributed by atoms with van der Waals surface area (Å²) in [5, 5.41) is -0.188. The monoisotopic (exact) mass is 316 g/mol. The van der Waals surface area contributed by atoms with E-state index in [1.807, 2.05) is 6.92 Å². The maximum atomic E-state index is 12.1. The summed E-state index contributed by atoms with van der Waals surface area (Å²) in [5.41, 5.74) is 0.301. The minimum Gasteiger partial charge on any atom is -0.478 e. The molecule has 0 amide bonds. The number of aromatic nitrogens is 3. The molecule has 2 aromatic rings. The highest BCUT2D eigenvalue weighted by atomic mass is 35.5. The molecule has 0 saturated heterocycles. The van der Waals surface area contributed by atoms with Crippen LogP contribution in [0.3, 0.4) is 0 Å². The third-order valence-electron chi connectivity index (χ3n) is 2.37. The van der Waals surface area contributed by atoms with Crippen LogP contribution in [0.2, 0.25) is 5.15 Å². The topological polar surface area (TPSA) is 86.1 Å². The number of hydrogen-bond donors (Lipinski definition) is 1. The van der Waals surface area contributed by atoms with E-state index in [0.717, 1.165) is 0 Å². The van der Waals surface area contributed by atoms with Crippen molar-refractivity contribution in [1.29, 1.82) is 0 Å². The van der Waals surface area contributed by atoms with Crippen LogP contribution in [0.5, 0.6) is 5.88 Å². The molecule has 0 atom stereocenters. The Balaban J connectivity index is 2.22. The van der Waals surface area contributed by atoms with E-state index in [0.29, 0.717) is 18.2 Å². The second-order valence-electron chi connectivity index (χ2n) is 3.88. The highest BCUT2D eigenvalue weighted by Gasteiger charge is 2.22. The average Bonchev–Trinajstić information content (AvgIpc) is 2.73. The van der Waals surface area contributed by atoms with Crippen molar-refractivity contribution in [2.24, 2.45) is 7.05 Å². The van der Waals surface area contributed by atoms with Gasteiger partial charge in [-0.2, -0.15) is 8.42 Å². The van der Waals surface area contributed by atoms with Gasteiger partial charge >= 0.3 is 0 Å². The Morgan fingerprint density at radius 2 is 2.15 bits per heavy atom. The third kappa shape index (κ3) is 3.02. The summed E-state index contributed by atoms with van der Waals surface area (Å²) < 4.78 is 33.2. The van der Waals surface area contributed by atoms with Gasteiger partial charge in [0.05, 0.1) is 24.8 Å². The third-order valence-corrected chi connectivity index (χ3v) is 4.24. The minimum atomic E-state index is -3.84. The van der Waals surface area contributed by atoms with Gasteiger partial charge in [0.1, 0.15) is 5.15 Å². The summed E-state index contributed by atoms with van der Waals surface area (Å²) in [6.07, 6.45) is 2.69. The van der Waals surface area contributed by atoms with Gasteiger partial charge in [-0.15, -0.1) is 0 Å². The second kappa shape index (κ2) is 5.68. The predicted octanol–water partition coefficient (Wildman–Crippen LogP) is 1.67. The lowest BCUT2D eigenvalue weighted by molar-refractivity contribution is 0.327. The van der Waals surface area contributed by atoms with Gasteiger partial charge in [-0.05, 0) is 13.0 Å². The Hall–Kier alpha value is -1.80. The Kier molecular flexibility index (Phi) is 4.15. The fraction of sp³-hybridized carbons (Fsp3) is 0.273. The highest BCUT2D eigenvalue weighted by Crippen LogP contribution is 2.22. The number of sulfonamides is 1. The van der Waals surface area contributed by atoms with Crippen molar-refractivity contribution in [3.63, 3.8) is 0 Å². The Labute approximate surface area is 121 Å². The van der Waals surface area contributed by atoms with Gasteiger partial charge in [0.25, 0.3) is 10.0 Å². The summed E-state index contributed by atoms with van der Waals surface area (Å²) in [6, 6.07) is 3.12. The van der Waals surface area contributed by atoms with Gasteiger partial charge in [0.2, 0.25) is 10.9 Å². The first-order valence-corrected chi connectivity index (χ1v) is 7.58. The SMILES string of the molecule is CCOc1ccc(NS(=O)(=O)c2ncn(C)c2Cl)cn1. The number of halogens is 1. The summed E-state index contributed by atoms with van der Waals surface area (Å²) in [4.78, 5) is 7.73. The highest BCUT2D eigenvalue weighted by molar-refractivity contribution is 7.92. The molecule has 2 aromatic heterocycles. The fourth-order valence-corrected chi connectivity index (χ4v) is 2.93. The average molecular weight is 317 g/mol. The zero-order valence-electron chi connectivity index (χ0n) is 10.9. The molecule has 2 rings (SSSR count). The predicted molar refractivity (Wildman–Crippen MR) is 74.4 cm³/mol. The zero-order chi connectivity index (χ0) is 14.8. The first-order valence-electron chi connectivity index (χ1n) is 5.72. The molecule has 1 N–H and O–H groups in total. The summed E-state index contributed by atoms with van der Waals surface area (Å²) in [7, 11) is -2.24. The van der Waals surface area contributed by atoms with E-state index in [9.17, 15) is 8.42 Å². The Morgan fingerprint density at radius 3 is 2.65 bits per heavy atom. The normalized spacial score (nSPS) is 11.3. The van der Waals surface area contributed by atoms with Crippen LogP contribution in [0.1, 0.15) is 6.92 Å². The fourth-order valence-electron chi connectivity index (χ4n) is 1.45. The molecule has 0 aliphatic carbocycles. The van der Waals surface area contributed by atoms with Crippen molar-refractivity contribution < 1.29 is 13.2 Å². The molecule has 0 bridgehead atoms. The van der Waals surface area contributed by atoms with Gasteiger partial charge in [-0.25, -0.2) is 9.97 Å². The number of imidazole rings is 1. The molecule has 0 unspecified atom stereocenters. The van der Waals surface area contributed by atoms with Crippen LogP contribution < -0.4 is 9.46 Å². The van der Waals surface area contributed by atoms with Crippen LogP contribution >= 0.6 is 11.6 Å². The van der Waals surface area contributed by atoms with Gasteiger partial charge in [-0.3, -0.25) is 4.72 Å². The van der Waals surface area contributed by atoms with Crippen molar-refractivity contribution >= 4 is 27.3 Å². The maximum Gasteiger partial charge on any atom is 0.282 e. The number of hydrogen-bond acceptors (Lipinski definition) is 5. The van der Waals surface area contributed by atoms with Crippen LogP contribution in [-0.4, -0.2) is 29.6 Å². The Morgan fingerprint density at radius 1 is 1.40 bits per heavy atom. The lowest BCUT2D eigenvalue weighted by atomic mass is 10.4. The van der Waals surface area contributed by atoms with E-state index >= 15 is 0 Å². The number of anilines is 1. The van der Waals surface area contributed by atoms with Gasteiger partial charge < -0.3 is 9.30 Å². The molecule has 9 heteroatoms. The van der Waals surface area contributed by atoms with Crippen molar-refractivity contribution in [3.8, 4) is 5.88 Å². The first kappa shape index (κ1) is 14.6. The number of pyridine rings is 1. The molecule has 20 heavy (non-hydrogen) atoms. The van der Waals surface area contributed by atoms with Crippen LogP contribution in [0.4, 0.5) is 5.69 Å². The summed E-state index contributed by atoms with van der Waals surface area (Å²) in [5.74, 6) is 0.423. The molecular formula is C11H13ClN4O3S. The van der Waals surface area contributed by atoms with Crippen LogP contribution in [0, 0.1) is 0 Å². The van der Waals surface area contributed by atoms with E-state index in [1.165, 1.54) is 17.1 Å². The Bertz CT molecular complexity index is 697. The maximum absolute atomic E-state index is 12.1. The molecule has 0 aliphatic heterocycles. The summed E-state index contributed by atoms with van der Waals surface area (Å²) in [6.45, 7) is 2.32. The van der Waals surface area contributed by atoms with Crippen molar-refractivity contribution in [2.45, 2.75) is 11.9 Å². The minimum absolute atomic E-state index is 0.0383. The molecule has 0 saturated carbocycles. The smallest absolute Gasteiger partial charge is 0.282 e. The van der Waals surface area contributed by atoms with Crippen LogP contribution in [0.15, 0.2) is 29.7 Å². The van der Waals surface area contributed by atoms with Crippen molar-refractivity contribution in [2.75, 3.05) is 11.3 Å². The van der Waals surface area contributed by atoms with E-state index in [1.54, 1.807) is 19.2 Å². The number of nitrogens with zero attached hydrogens (tertiary/aromatic N) is 3. The van der Waals surface area contributed by atoms with Crippen molar-refractivity contribution in [1.82, 2.24) is 14.5 Å². The number of aryl methyl sites for hydroxylation is 1. The number of nitrogens with one attached hydrogen (secondary N) is 1. The molecule has 0 fully saturated rings. The standard InChI is InChI=1S/C11H13ClN4O3S/c1-3-19-9-5-4-8(6-13-9)15-20(17,18)11-10(12)16(2)7-14-11/h4-7,15H,3H2,1-2H3. The molecule has 0 spiro atoms. The van der Waals surface area contributed by atoms with Crippen LogP contribution in [0.25, 0.3) is 0 Å². The first-order chi connectivity index (χ1) is 9.44. The van der Waals surface area contributed by atoms with Crippen molar-refractivity contribution in [3.05, 3.63) is 29.8 Å². The van der Waals surface area contributed by atoms with Gasteiger partial charge in [0, 0.05) is 13.1 Å². The molecular weight excluding hydrogens is 304 g/mol. The lowest BCUT2D eigenvalue weighted by Crippen LogP contribution is -2.14. The van der Waals surface area contributed by atoms with E-state index < -0.39 is 10.0 Å². The molecule has 108 valence electrons. The zero-order valence-corrected chi connectivity index (χ0v) is 12.4. The summed E-state index contributed by atoms with van der Waals surface area (Å²) >= 11 is 5.87. The van der Waals surface area contributed by atoms with E-state index in [-0.39, 0.29) is 10.2 Å². The lowest BCUT2D eigenvalue weighted by Gasteiger charge is -2.07. The van der Waals surface area contributed by atoms with E-state index in [4.69, 9.17) is 16.3 Å². The number of ether oxygens (including phenoxy) is 1. The molecule has 0 aromatic carbocycles. The van der Waals surface area contributed by atoms with Crippen LogP contribution in [-0.2, 0) is 17.1 Å². The number of rotatable bonds is 5. The molecule has 0 radical (unpaired) electrons. The molecule has 2 heterocycles. The van der Waals surface area contributed by atoms with Gasteiger partial charge in [-0.1, -0.05) is 11.6 Å². The van der Waals surface area contributed by atoms with Gasteiger partial charge in [0.15, 0.2) is 0 Å². The largest absolute Gasteiger partial charge is 0.478 e.